The Bertz CT molecular complexity index is 824. The number of hydrogen-bond acceptors (Lipinski definition) is 5. The molecule has 0 unspecified atom stereocenters. The second-order valence-electron chi connectivity index (χ2n) is 7.13. The van der Waals surface area contributed by atoms with Gasteiger partial charge in [-0.2, -0.15) is 0 Å². The van der Waals surface area contributed by atoms with Gasteiger partial charge in [0.2, 0.25) is 5.91 Å². The van der Waals surface area contributed by atoms with Crippen molar-refractivity contribution in [2.75, 3.05) is 7.11 Å². The fourth-order valence-electron chi connectivity index (χ4n) is 3.44. The number of carbonyl (C=O) groups is 2. The van der Waals surface area contributed by atoms with Crippen LogP contribution in [0.5, 0.6) is 0 Å². The van der Waals surface area contributed by atoms with Gasteiger partial charge in [0, 0.05) is 16.5 Å². The molecule has 3 rings (SSSR count). The standard InChI is InChI=1S/C21H26N2O3S/c1-13-8-10-16(11-9-13)20-18(27-15(3)22-20)12-19(24)23(17-6-5-7-17)14(2)21(25)26-4/h8-11,14,17H,5-7,12H2,1-4H3/t14-/m0/s1. The van der Waals surface area contributed by atoms with Crippen LogP contribution in [0.25, 0.3) is 11.3 Å². The molecule has 1 aliphatic rings. The normalized spacial score (nSPS) is 15.1. The molecule has 0 radical (unpaired) electrons. The van der Waals surface area contributed by atoms with Gasteiger partial charge >= 0.3 is 5.97 Å². The molecular formula is C21H26N2O3S. The van der Waals surface area contributed by atoms with E-state index in [2.05, 4.69) is 17.1 Å². The summed E-state index contributed by atoms with van der Waals surface area (Å²) in [5, 5.41) is 0.935. The minimum Gasteiger partial charge on any atom is -0.467 e. The molecule has 0 N–H and O–H groups in total. The van der Waals surface area contributed by atoms with Crippen molar-refractivity contribution in [2.24, 2.45) is 0 Å². The largest absolute Gasteiger partial charge is 0.467 e. The first-order valence-electron chi connectivity index (χ1n) is 9.33. The third-order valence-corrected chi connectivity index (χ3v) is 6.13. The van der Waals surface area contributed by atoms with Crippen LogP contribution in [0.3, 0.4) is 0 Å². The van der Waals surface area contributed by atoms with Crippen molar-refractivity contribution in [3.05, 3.63) is 39.7 Å². The predicted molar refractivity (Wildman–Crippen MR) is 107 cm³/mol. The lowest BCUT2D eigenvalue weighted by Crippen LogP contribution is -2.52. The number of aryl methyl sites for hydroxylation is 2. The molecular weight excluding hydrogens is 360 g/mol. The number of hydrogen-bond donors (Lipinski definition) is 0. The van der Waals surface area contributed by atoms with E-state index in [0.717, 1.165) is 40.4 Å². The number of esters is 1. The summed E-state index contributed by atoms with van der Waals surface area (Å²) in [6.07, 6.45) is 3.24. The van der Waals surface area contributed by atoms with E-state index in [1.807, 2.05) is 26.0 Å². The maximum Gasteiger partial charge on any atom is 0.328 e. The monoisotopic (exact) mass is 386 g/mol. The molecule has 0 saturated heterocycles. The number of rotatable bonds is 6. The minimum atomic E-state index is -0.565. The molecule has 2 aromatic rings. The highest BCUT2D eigenvalue weighted by molar-refractivity contribution is 7.12. The topological polar surface area (TPSA) is 59.5 Å². The van der Waals surface area contributed by atoms with E-state index in [-0.39, 0.29) is 24.3 Å². The summed E-state index contributed by atoms with van der Waals surface area (Å²) >= 11 is 1.55. The highest BCUT2D eigenvalue weighted by atomic mass is 32.1. The van der Waals surface area contributed by atoms with E-state index in [1.165, 1.54) is 12.7 Å². The Morgan fingerprint density at radius 2 is 1.93 bits per heavy atom. The first-order valence-corrected chi connectivity index (χ1v) is 10.1. The molecule has 1 amide bonds. The molecule has 0 aliphatic heterocycles. The van der Waals surface area contributed by atoms with Crippen LogP contribution >= 0.6 is 11.3 Å². The van der Waals surface area contributed by atoms with E-state index in [9.17, 15) is 9.59 Å². The number of amides is 1. The summed E-state index contributed by atoms with van der Waals surface area (Å²) in [6, 6.07) is 7.75. The molecule has 0 spiro atoms. The van der Waals surface area contributed by atoms with E-state index in [4.69, 9.17) is 4.74 Å². The fourth-order valence-corrected chi connectivity index (χ4v) is 4.39. The zero-order valence-corrected chi connectivity index (χ0v) is 17.1. The average molecular weight is 387 g/mol. The molecule has 27 heavy (non-hydrogen) atoms. The zero-order valence-electron chi connectivity index (χ0n) is 16.3. The van der Waals surface area contributed by atoms with Gasteiger partial charge < -0.3 is 9.64 Å². The fraction of sp³-hybridized carbons (Fsp3) is 0.476. The number of aromatic nitrogens is 1. The summed E-state index contributed by atoms with van der Waals surface area (Å²) in [7, 11) is 1.37. The van der Waals surface area contributed by atoms with Gasteiger partial charge in [0.05, 0.1) is 24.2 Å². The van der Waals surface area contributed by atoms with Crippen LogP contribution in [-0.2, 0) is 20.7 Å². The highest BCUT2D eigenvalue weighted by Gasteiger charge is 2.36. The smallest absolute Gasteiger partial charge is 0.328 e. The van der Waals surface area contributed by atoms with Gasteiger partial charge in [0.1, 0.15) is 6.04 Å². The Morgan fingerprint density at radius 1 is 1.26 bits per heavy atom. The molecule has 1 saturated carbocycles. The van der Waals surface area contributed by atoms with Crippen LogP contribution in [0.1, 0.15) is 41.6 Å². The van der Waals surface area contributed by atoms with Crippen molar-refractivity contribution in [3.8, 4) is 11.3 Å². The summed E-state index contributed by atoms with van der Waals surface area (Å²) in [6.45, 7) is 5.75. The summed E-state index contributed by atoms with van der Waals surface area (Å²) in [5.41, 5.74) is 3.07. The van der Waals surface area contributed by atoms with Crippen LogP contribution in [-0.4, -0.2) is 41.0 Å². The molecule has 1 aromatic carbocycles. The van der Waals surface area contributed by atoms with E-state index < -0.39 is 6.04 Å². The van der Waals surface area contributed by atoms with Crippen molar-refractivity contribution in [3.63, 3.8) is 0 Å². The first kappa shape index (κ1) is 19.5. The predicted octanol–water partition coefficient (Wildman–Crippen LogP) is 3.91. The third-order valence-electron chi connectivity index (χ3n) is 5.16. The SMILES string of the molecule is COC(=O)[C@H](C)N(C(=O)Cc1sc(C)nc1-c1ccc(C)cc1)C1CCC1. The van der Waals surface area contributed by atoms with Crippen molar-refractivity contribution in [1.82, 2.24) is 9.88 Å². The number of benzene rings is 1. The number of ether oxygens (including phenoxy) is 1. The molecule has 0 bridgehead atoms. The van der Waals surface area contributed by atoms with Crippen LogP contribution in [0, 0.1) is 13.8 Å². The quantitative estimate of drug-likeness (QED) is 0.706. The number of carbonyl (C=O) groups excluding carboxylic acids is 2. The lowest BCUT2D eigenvalue weighted by molar-refractivity contribution is -0.155. The Labute approximate surface area is 164 Å². The lowest BCUT2D eigenvalue weighted by atomic mass is 9.90. The molecule has 5 nitrogen and oxygen atoms in total. The van der Waals surface area contributed by atoms with Gasteiger partial charge in [0.15, 0.2) is 0 Å². The second-order valence-corrected chi connectivity index (χ2v) is 8.42. The molecule has 1 aromatic heterocycles. The summed E-state index contributed by atoms with van der Waals surface area (Å²) in [4.78, 5) is 32.5. The van der Waals surface area contributed by atoms with Gasteiger partial charge in [-0.3, -0.25) is 4.79 Å². The van der Waals surface area contributed by atoms with Crippen LogP contribution in [0.4, 0.5) is 0 Å². The molecule has 1 atom stereocenters. The second kappa shape index (κ2) is 8.21. The van der Waals surface area contributed by atoms with Crippen molar-refractivity contribution in [1.29, 1.82) is 0 Å². The molecule has 144 valence electrons. The first-order chi connectivity index (χ1) is 12.9. The van der Waals surface area contributed by atoms with Gasteiger partial charge in [-0.05, 0) is 40.0 Å². The van der Waals surface area contributed by atoms with Gasteiger partial charge in [-0.15, -0.1) is 11.3 Å². The van der Waals surface area contributed by atoms with Crippen LogP contribution in [0.15, 0.2) is 24.3 Å². The van der Waals surface area contributed by atoms with Gasteiger partial charge in [-0.25, -0.2) is 9.78 Å². The van der Waals surface area contributed by atoms with Crippen LogP contribution in [0.2, 0.25) is 0 Å². The number of methoxy groups -OCH3 is 1. The summed E-state index contributed by atoms with van der Waals surface area (Å²) < 4.78 is 4.88. The molecule has 1 aliphatic carbocycles. The third kappa shape index (κ3) is 4.21. The van der Waals surface area contributed by atoms with Crippen LogP contribution < -0.4 is 0 Å². The van der Waals surface area contributed by atoms with Gasteiger partial charge in [-0.1, -0.05) is 29.8 Å². The summed E-state index contributed by atoms with van der Waals surface area (Å²) in [5.74, 6) is -0.399. The lowest BCUT2D eigenvalue weighted by Gasteiger charge is -2.40. The van der Waals surface area contributed by atoms with Crippen molar-refractivity contribution < 1.29 is 14.3 Å². The minimum absolute atomic E-state index is 0.0328. The van der Waals surface area contributed by atoms with E-state index in [1.54, 1.807) is 23.2 Å². The average Bonchev–Trinajstić information content (AvgIpc) is 2.97. The highest BCUT2D eigenvalue weighted by Crippen LogP contribution is 2.32. The zero-order chi connectivity index (χ0) is 19.6. The van der Waals surface area contributed by atoms with Crippen molar-refractivity contribution >= 4 is 23.2 Å². The maximum absolute atomic E-state index is 13.2. The Balaban J connectivity index is 1.85. The maximum atomic E-state index is 13.2. The number of nitrogens with zero attached hydrogens (tertiary/aromatic N) is 2. The Morgan fingerprint density at radius 3 is 2.48 bits per heavy atom. The molecule has 1 heterocycles. The molecule has 1 fully saturated rings. The van der Waals surface area contributed by atoms with Crippen molar-refractivity contribution in [2.45, 2.75) is 58.5 Å². The Hall–Kier alpha value is -2.21. The number of thiazole rings is 1. The van der Waals surface area contributed by atoms with E-state index in [0.29, 0.717) is 0 Å². The van der Waals surface area contributed by atoms with Gasteiger partial charge in [0.25, 0.3) is 0 Å². The van der Waals surface area contributed by atoms with E-state index >= 15 is 0 Å². The Kier molecular flexibility index (Phi) is 5.95. The molecule has 6 heteroatoms.